The van der Waals surface area contributed by atoms with Crippen molar-refractivity contribution >= 4 is 24.4 Å². The molecule has 0 amide bonds. The summed E-state index contributed by atoms with van der Waals surface area (Å²) in [6.45, 7) is 4.20. The number of nitrogens with zero attached hydrogens (tertiary/aromatic N) is 2. The molecule has 0 bridgehead atoms. The number of oxazole rings is 1. The number of aliphatic imine (C=N–C) groups is 1. The van der Waals surface area contributed by atoms with Crippen LogP contribution in [0.25, 0.3) is 0 Å². The van der Waals surface area contributed by atoms with Gasteiger partial charge >= 0.3 is 6.01 Å². The molecule has 16 heavy (non-hydrogen) atoms. The van der Waals surface area contributed by atoms with Crippen LogP contribution in [0.3, 0.4) is 0 Å². The Bertz CT molecular complexity index is 321. The number of aromatic nitrogens is 1. The molecule has 0 spiro atoms. The maximum atomic E-state index is 5.46. The standard InChI is InChI=1S/C10H18N4O.ClH/c1-3-5-7-8(6-4-2)15-10(13-7)14-9(11)12;/h3-6H2,1-2H3,(H4,11,12,13,14);1H. The monoisotopic (exact) mass is 246 g/mol. The summed E-state index contributed by atoms with van der Waals surface area (Å²) >= 11 is 0. The van der Waals surface area contributed by atoms with Gasteiger partial charge in [-0.25, -0.2) is 0 Å². The van der Waals surface area contributed by atoms with Gasteiger partial charge in [-0.05, 0) is 12.8 Å². The summed E-state index contributed by atoms with van der Waals surface area (Å²) in [5.74, 6) is 0.877. The zero-order chi connectivity index (χ0) is 11.3. The van der Waals surface area contributed by atoms with E-state index in [0.29, 0.717) is 0 Å². The zero-order valence-corrected chi connectivity index (χ0v) is 10.5. The highest BCUT2D eigenvalue weighted by molar-refractivity contribution is 5.85. The summed E-state index contributed by atoms with van der Waals surface area (Å²) in [6.07, 6.45) is 3.83. The average molecular weight is 247 g/mol. The van der Waals surface area contributed by atoms with Crippen molar-refractivity contribution in [1.29, 1.82) is 0 Å². The molecule has 0 radical (unpaired) electrons. The van der Waals surface area contributed by atoms with Crippen LogP contribution in [0.4, 0.5) is 6.01 Å². The van der Waals surface area contributed by atoms with Crippen molar-refractivity contribution in [2.45, 2.75) is 39.5 Å². The highest BCUT2D eigenvalue weighted by Crippen LogP contribution is 2.20. The minimum atomic E-state index is -0.0256. The molecule has 0 aliphatic rings. The molecular weight excluding hydrogens is 228 g/mol. The third-order valence-corrected chi connectivity index (χ3v) is 1.96. The van der Waals surface area contributed by atoms with E-state index in [-0.39, 0.29) is 24.4 Å². The van der Waals surface area contributed by atoms with E-state index in [1.807, 2.05) is 0 Å². The van der Waals surface area contributed by atoms with Gasteiger partial charge in [0.05, 0.1) is 5.69 Å². The molecule has 1 aromatic heterocycles. The Balaban J connectivity index is 0.00000225. The lowest BCUT2D eigenvalue weighted by Gasteiger charge is -1.95. The van der Waals surface area contributed by atoms with Crippen LogP contribution in [-0.2, 0) is 12.8 Å². The first-order chi connectivity index (χ1) is 7.17. The van der Waals surface area contributed by atoms with Gasteiger partial charge in [-0.3, -0.25) is 0 Å². The van der Waals surface area contributed by atoms with Crippen molar-refractivity contribution in [3.05, 3.63) is 11.5 Å². The van der Waals surface area contributed by atoms with Gasteiger partial charge in [0, 0.05) is 6.42 Å². The van der Waals surface area contributed by atoms with Crippen molar-refractivity contribution in [3.63, 3.8) is 0 Å². The highest BCUT2D eigenvalue weighted by atomic mass is 35.5. The average Bonchev–Trinajstić information content (AvgIpc) is 2.48. The lowest BCUT2D eigenvalue weighted by molar-refractivity contribution is 0.507. The van der Waals surface area contributed by atoms with Gasteiger partial charge in [-0.2, -0.15) is 9.98 Å². The third-order valence-electron chi connectivity index (χ3n) is 1.96. The van der Waals surface area contributed by atoms with E-state index in [0.717, 1.165) is 37.1 Å². The molecule has 0 aromatic carbocycles. The fourth-order valence-electron chi connectivity index (χ4n) is 1.38. The van der Waals surface area contributed by atoms with Gasteiger partial charge in [-0.15, -0.1) is 12.4 Å². The quantitative estimate of drug-likeness (QED) is 0.613. The normalized spacial score (nSPS) is 9.62. The Morgan fingerprint density at radius 2 is 1.88 bits per heavy atom. The van der Waals surface area contributed by atoms with E-state index < -0.39 is 0 Å². The maximum Gasteiger partial charge on any atom is 0.325 e. The van der Waals surface area contributed by atoms with Crippen LogP contribution < -0.4 is 11.5 Å². The fourth-order valence-corrected chi connectivity index (χ4v) is 1.38. The van der Waals surface area contributed by atoms with Crippen LogP contribution in [0.2, 0.25) is 0 Å². The van der Waals surface area contributed by atoms with E-state index in [2.05, 4.69) is 23.8 Å². The zero-order valence-electron chi connectivity index (χ0n) is 9.69. The molecule has 0 atom stereocenters. The molecule has 0 aliphatic carbocycles. The molecule has 0 aliphatic heterocycles. The first kappa shape index (κ1) is 14.8. The van der Waals surface area contributed by atoms with Crippen LogP contribution in [-0.4, -0.2) is 10.9 Å². The van der Waals surface area contributed by atoms with Crippen LogP contribution in [0.5, 0.6) is 0 Å². The Hall–Kier alpha value is -1.23. The SMILES string of the molecule is CCCc1nc(N=C(N)N)oc1CCC.Cl. The summed E-state index contributed by atoms with van der Waals surface area (Å²) in [5.41, 5.74) is 11.5. The number of rotatable bonds is 5. The van der Waals surface area contributed by atoms with Crippen molar-refractivity contribution in [2.75, 3.05) is 0 Å². The van der Waals surface area contributed by atoms with Crippen LogP contribution in [0.15, 0.2) is 9.41 Å². The number of guanidine groups is 1. The summed E-state index contributed by atoms with van der Waals surface area (Å²) in [7, 11) is 0. The number of halogens is 1. The molecule has 0 unspecified atom stereocenters. The highest BCUT2D eigenvalue weighted by Gasteiger charge is 2.11. The third kappa shape index (κ3) is 4.10. The fraction of sp³-hybridized carbons (Fsp3) is 0.600. The van der Waals surface area contributed by atoms with E-state index >= 15 is 0 Å². The van der Waals surface area contributed by atoms with Crippen molar-refractivity contribution in [3.8, 4) is 0 Å². The van der Waals surface area contributed by atoms with E-state index in [4.69, 9.17) is 15.9 Å². The van der Waals surface area contributed by atoms with Crippen LogP contribution in [0, 0.1) is 0 Å². The Morgan fingerprint density at radius 3 is 2.38 bits per heavy atom. The molecule has 5 nitrogen and oxygen atoms in total. The second kappa shape index (κ2) is 7.11. The summed E-state index contributed by atoms with van der Waals surface area (Å²) in [4.78, 5) is 8.04. The van der Waals surface area contributed by atoms with Crippen LogP contribution in [0.1, 0.15) is 38.1 Å². The summed E-state index contributed by atoms with van der Waals surface area (Å²) in [6, 6.07) is 0.266. The van der Waals surface area contributed by atoms with Crippen molar-refractivity contribution < 1.29 is 4.42 Å². The lowest BCUT2D eigenvalue weighted by atomic mass is 10.1. The molecule has 0 saturated carbocycles. The Morgan fingerprint density at radius 1 is 1.25 bits per heavy atom. The molecule has 1 aromatic rings. The maximum absolute atomic E-state index is 5.46. The molecule has 92 valence electrons. The van der Waals surface area contributed by atoms with Crippen LogP contribution >= 0.6 is 12.4 Å². The topological polar surface area (TPSA) is 90.4 Å². The van der Waals surface area contributed by atoms with Gasteiger partial charge < -0.3 is 15.9 Å². The molecule has 4 N–H and O–H groups in total. The summed E-state index contributed by atoms with van der Waals surface area (Å²) in [5, 5.41) is 0. The minimum Gasteiger partial charge on any atom is -0.427 e. The van der Waals surface area contributed by atoms with E-state index in [1.165, 1.54) is 0 Å². The Kier molecular flexibility index (Phi) is 6.56. The Labute approximate surface area is 102 Å². The number of hydrogen-bond donors (Lipinski definition) is 2. The minimum absolute atomic E-state index is 0. The van der Waals surface area contributed by atoms with Crippen molar-refractivity contribution in [2.24, 2.45) is 16.5 Å². The molecule has 1 heterocycles. The molecule has 1 rings (SSSR count). The number of nitrogens with two attached hydrogens (primary N) is 2. The van der Waals surface area contributed by atoms with Gasteiger partial charge in [-0.1, -0.05) is 20.3 Å². The van der Waals surface area contributed by atoms with Gasteiger partial charge in [0.1, 0.15) is 5.76 Å². The molecule has 0 fully saturated rings. The predicted molar refractivity (Wildman–Crippen MR) is 67.2 cm³/mol. The summed E-state index contributed by atoms with van der Waals surface area (Å²) < 4.78 is 5.46. The lowest BCUT2D eigenvalue weighted by Crippen LogP contribution is -2.21. The number of aryl methyl sites for hydroxylation is 2. The predicted octanol–water partition coefficient (Wildman–Crippen LogP) is 1.91. The second-order valence-corrected chi connectivity index (χ2v) is 3.40. The van der Waals surface area contributed by atoms with E-state index in [1.54, 1.807) is 0 Å². The smallest absolute Gasteiger partial charge is 0.325 e. The second-order valence-electron chi connectivity index (χ2n) is 3.40. The first-order valence-corrected chi connectivity index (χ1v) is 5.25. The van der Waals surface area contributed by atoms with Gasteiger partial charge in [0.2, 0.25) is 0 Å². The van der Waals surface area contributed by atoms with Crippen molar-refractivity contribution in [1.82, 2.24) is 4.98 Å². The molecular formula is C10H19ClN4O. The first-order valence-electron chi connectivity index (χ1n) is 5.25. The molecule has 6 heteroatoms. The van der Waals surface area contributed by atoms with E-state index in [9.17, 15) is 0 Å². The van der Waals surface area contributed by atoms with Gasteiger partial charge in [0.15, 0.2) is 5.96 Å². The number of hydrogen-bond acceptors (Lipinski definition) is 3. The largest absolute Gasteiger partial charge is 0.427 e. The van der Waals surface area contributed by atoms with Gasteiger partial charge in [0.25, 0.3) is 0 Å². The molecule has 0 saturated heterocycles.